The standard InChI is InChI=1S/C22H18Cl2N4O5S/c1-15-25-22(24)20(27(15)14-17-7-8-18(28(30)31)13-19(17)23)9-10-21(29)26-34(32,33)12-11-16-5-3-2-4-6-16/h2-13H,14H2,1H3,(H,26,29). The summed E-state index contributed by atoms with van der Waals surface area (Å²) in [6.45, 7) is 1.85. The Bertz CT molecular complexity index is 1400. The normalized spacial score (nSPS) is 11.9. The van der Waals surface area contributed by atoms with E-state index in [9.17, 15) is 23.3 Å². The molecule has 0 saturated heterocycles. The lowest BCUT2D eigenvalue weighted by Gasteiger charge is -2.10. The smallest absolute Gasteiger partial charge is 0.270 e. The number of carbonyl (C=O) groups excluding carboxylic acids is 1. The first-order valence-electron chi connectivity index (χ1n) is 9.69. The van der Waals surface area contributed by atoms with Gasteiger partial charge in [0.05, 0.1) is 27.6 Å². The quantitative estimate of drug-likeness (QED) is 0.263. The molecule has 0 bridgehead atoms. The molecule has 9 nitrogen and oxygen atoms in total. The third-order valence-corrected chi connectivity index (χ3v) is 6.21. The molecule has 1 amide bonds. The third kappa shape index (κ3) is 6.53. The number of rotatable bonds is 8. The molecule has 1 heterocycles. The van der Waals surface area contributed by atoms with Gasteiger partial charge in [-0.05, 0) is 36.3 Å². The van der Waals surface area contributed by atoms with Crippen molar-refractivity contribution >= 4 is 57.0 Å². The van der Waals surface area contributed by atoms with Crippen molar-refractivity contribution in [3.63, 3.8) is 0 Å². The summed E-state index contributed by atoms with van der Waals surface area (Å²) in [6.07, 6.45) is 3.71. The van der Waals surface area contributed by atoms with Gasteiger partial charge in [0.15, 0.2) is 5.15 Å². The lowest BCUT2D eigenvalue weighted by molar-refractivity contribution is -0.384. The second-order valence-electron chi connectivity index (χ2n) is 7.01. The van der Waals surface area contributed by atoms with Crippen LogP contribution in [0.25, 0.3) is 12.2 Å². The van der Waals surface area contributed by atoms with E-state index in [1.807, 2.05) is 4.72 Å². The van der Waals surface area contributed by atoms with Crippen LogP contribution >= 0.6 is 23.2 Å². The van der Waals surface area contributed by atoms with Crippen molar-refractivity contribution in [1.82, 2.24) is 14.3 Å². The van der Waals surface area contributed by atoms with Gasteiger partial charge in [0.25, 0.3) is 21.6 Å². The highest BCUT2D eigenvalue weighted by atomic mass is 35.5. The predicted molar refractivity (Wildman–Crippen MR) is 131 cm³/mol. The van der Waals surface area contributed by atoms with Gasteiger partial charge in [0.2, 0.25) is 0 Å². The molecule has 1 N–H and O–H groups in total. The first-order chi connectivity index (χ1) is 16.1. The second kappa shape index (κ2) is 10.6. The maximum atomic E-state index is 12.2. The molecule has 0 radical (unpaired) electrons. The minimum Gasteiger partial charge on any atom is -0.323 e. The van der Waals surface area contributed by atoms with E-state index in [1.54, 1.807) is 41.8 Å². The van der Waals surface area contributed by atoms with Crippen LogP contribution in [0, 0.1) is 17.0 Å². The number of sulfonamides is 1. The van der Waals surface area contributed by atoms with Gasteiger partial charge < -0.3 is 4.57 Å². The van der Waals surface area contributed by atoms with E-state index in [0.29, 0.717) is 22.6 Å². The van der Waals surface area contributed by atoms with Crippen molar-refractivity contribution in [3.05, 3.63) is 103 Å². The summed E-state index contributed by atoms with van der Waals surface area (Å²) in [5.41, 5.74) is 1.42. The molecule has 12 heteroatoms. The van der Waals surface area contributed by atoms with E-state index in [2.05, 4.69) is 4.98 Å². The SMILES string of the molecule is Cc1nc(Cl)c(C=CC(=O)NS(=O)(=O)C=Cc2ccccc2)n1Cc1ccc([N+](=O)[O-])cc1Cl. The number of amides is 1. The average molecular weight is 521 g/mol. The Morgan fingerprint density at radius 2 is 1.88 bits per heavy atom. The van der Waals surface area contributed by atoms with Crippen molar-refractivity contribution in [1.29, 1.82) is 0 Å². The zero-order valence-corrected chi connectivity index (χ0v) is 20.0. The molecular weight excluding hydrogens is 503 g/mol. The Hall–Kier alpha value is -3.47. The number of hydrogen-bond donors (Lipinski definition) is 1. The molecule has 0 fully saturated rings. The largest absolute Gasteiger partial charge is 0.323 e. The van der Waals surface area contributed by atoms with E-state index in [4.69, 9.17) is 23.2 Å². The molecule has 2 aromatic carbocycles. The summed E-state index contributed by atoms with van der Waals surface area (Å²) in [5, 5.41) is 12.1. The molecular formula is C22H18Cl2N4O5S. The molecule has 0 aliphatic carbocycles. The van der Waals surface area contributed by atoms with Crippen LogP contribution in [0.15, 0.2) is 60.0 Å². The summed E-state index contributed by atoms with van der Waals surface area (Å²) < 4.78 is 27.9. The van der Waals surface area contributed by atoms with Gasteiger partial charge in [0, 0.05) is 18.2 Å². The van der Waals surface area contributed by atoms with Crippen LogP contribution in [0.3, 0.4) is 0 Å². The lowest BCUT2D eigenvalue weighted by atomic mass is 10.2. The first kappa shape index (κ1) is 25.2. The molecule has 3 rings (SSSR count). The van der Waals surface area contributed by atoms with Gasteiger partial charge in [-0.25, -0.2) is 18.1 Å². The molecule has 0 spiro atoms. The number of nitro groups is 1. The monoisotopic (exact) mass is 520 g/mol. The van der Waals surface area contributed by atoms with Gasteiger partial charge in [-0.3, -0.25) is 14.9 Å². The van der Waals surface area contributed by atoms with Gasteiger partial charge in [0.1, 0.15) is 5.82 Å². The molecule has 0 unspecified atom stereocenters. The van der Waals surface area contributed by atoms with E-state index >= 15 is 0 Å². The molecule has 0 aliphatic rings. The van der Waals surface area contributed by atoms with Crippen LogP contribution in [0.2, 0.25) is 10.2 Å². The van der Waals surface area contributed by atoms with Crippen molar-refractivity contribution in [2.24, 2.45) is 0 Å². The number of aromatic nitrogens is 2. The first-order valence-corrected chi connectivity index (χ1v) is 12.0. The summed E-state index contributed by atoms with van der Waals surface area (Å²) in [6, 6.07) is 12.8. The molecule has 34 heavy (non-hydrogen) atoms. The van der Waals surface area contributed by atoms with E-state index < -0.39 is 20.9 Å². The number of non-ortho nitro benzene ring substituents is 1. The van der Waals surface area contributed by atoms with Crippen LogP contribution in [0.4, 0.5) is 5.69 Å². The fourth-order valence-electron chi connectivity index (χ4n) is 2.95. The number of nitrogens with one attached hydrogen (secondary N) is 1. The highest BCUT2D eigenvalue weighted by Gasteiger charge is 2.16. The van der Waals surface area contributed by atoms with Crippen molar-refractivity contribution in [2.45, 2.75) is 13.5 Å². The summed E-state index contributed by atoms with van der Waals surface area (Å²) >= 11 is 12.4. The van der Waals surface area contributed by atoms with E-state index in [0.717, 1.165) is 11.5 Å². The zero-order chi connectivity index (χ0) is 24.9. The molecule has 0 saturated carbocycles. The number of halogens is 2. The third-order valence-electron chi connectivity index (χ3n) is 4.60. The van der Waals surface area contributed by atoms with Gasteiger partial charge in [-0.15, -0.1) is 0 Å². The molecule has 0 aliphatic heterocycles. The average Bonchev–Trinajstić information content (AvgIpc) is 3.04. The number of carbonyl (C=O) groups is 1. The minimum atomic E-state index is -4.02. The summed E-state index contributed by atoms with van der Waals surface area (Å²) in [4.78, 5) is 26.7. The summed E-state index contributed by atoms with van der Waals surface area (Å²) in [5.74, 6) is -0.384. The Morgan fingerprint density at radius 1 is 1.18 bits per heavy atom. The van der Waals surface area contributed by atoms with Gasteiger partial charge >= 0.3 is 0 Å². The number of hydrogen-bond acceptors (Lipinski definition) is 6. The number of benzene rings is 2. The van der Waals surface area contributed by atoms with E-state index in [-0.39, 0.29) is 22.4 Å². The van der Waals surface area contributed by atoms with Crippen molar-refractivity contribution in [3.8, 4) is 0 Å². The number of nitrogens with zero attached hydrogens (tertiary/aromatic N) is 3. The minimum absolute atomic E-state index is 0.0893. The Labute approximate surface area is 205 Å². The number of imidazole rings is 1. The van der Waals surface area contributed by atoms with Crippen LogP contribution in [-0.4, -0.2) is 28.8 Å². The fraction of sp³-hybridized carbons (Fsp3) is 0.0909. The topological polar surface area (TPSA) is 124 Å². The second-order valence-corrected chi connectivity index (χ2v) is 9.34. The number of nitro benzene ring substituents is 1. The Balaban J connectivity index is 1.77. The van der Waals surface area contributed by atoms with Crippen molar-refractivity contribution in [2.75, 3.05) is 0 Å². The fourth-order valence-corrected chi connectivity index (χ4v) is 4.22. The van der Waals surface area contributed by atoms with Crippen LogP contribution in [-0.2, 0) is 21.4 Å². The van der Waals surface area contributed by atoms with Crippen LogP contribution in [0.5, 0.6) is 0 Å². The maximum absolute atomic E-state index is 12.2. The maximum Gasteiger partial charge on any atom is 0.270 e. The lowest BCUT2D eigenvalue weighted by Crippen LogP contribution is -2.26. The molecule has 0 atom stereocenters. The number of aryl methyl sites for hydroxylation is 1. The molecule has 1 aromatic heterocycles. The predicted octanol–water partition coefficient (Wildman–Crippen LogP) is 4.58. The highest BCUT2D eigenvalue weighted by Crippen LogP contribution is 2.26. The molecule has 3 aromatic rings. The summed E-state index contributed by atoms with van der Waals surface area (Å²) in [7, 11) is -4.02. The van der Waals surface area contributed by atoms with Crippen LogP contribution < -0.4 is 4.72 Å². The molecule has 176 valence electrons. The van der Waals surface area contributed by atoms with Gasteiger partial charge in [-0.1, -0.05) is 53.5 Å². The Kier molecular flexibility index (Phi) is 7.87. The zero-order valence-electron chi connectivity index (χ0n) is 17.7. The van der Waals surface area contributed by atoms with Crippen LogP contribution in [0.1, 0.15) is 22.6 Å². The van der Waals surface area contributed by atoms with Crippen molar-refractivity contribution < 1.29 is 18.1 Å². The van der Waals surface area contributed by atoms with Gasteiger partial charge in [-0.2, -0.15) is 0 Å². The highest BCUT2D eigenvalue weighted by molar-refractivity contribution is 7.93. The van der Waals surface area contributed by atoms with E-state index in [1.165, 1.54) is 30.4 Å². The Morgan fingerprint density at radius 3 is 2.53 bits per heavy atom.